The summed E-state index contributed by atoms with van der Waals surface area (Å²) in [7, 11) is 0. The highest BCUT2D eigenvalue weighted by atomic mass is 16.4. The monoisotopic (exact) mass is 438 g/mol. The molecule has 0 aliphatic rings. The maximum atomic E-state index is 12.3. The maximum absolute atomic E-state index is 12.3. The van der Waals surface area contributed by atoms with Crippen molar-refractivity contribution in [3.05, 3.63) is 35.9 Å². The van der Waals surface area contributed by atoms with Gasteiger partial charge in [-0.2, -0.15) is 0 Å². The molecular weight excluding hydrogens is 412 g/mol. The van der Waals surface area contributed by atoms with E-state index in [-0.39, 0.29) is 12.8 Å². The van der Waals surface area contributed by atoms with Crippen LogP contribution in [0.1, 0.15) is 18.4 Å². The van der Waals surface area contributed by atoms with Crippen LogP contribution in [0.4, 0.5) is 0 Å². The molecule has 0 aliphatic heterocycles. The van der Waals surface area contributed by atoms with Crippen molar-refractivity contribution >= 4 is 29.7 Å². The lowest BCUT2D eigenvalue weighted by Crippen LogP contribution is -2.54. The Morgan fingerprint density at radius 2 is 1.58 bits per heavy atom. The Hall–Kier alpha value is -3.51. The zero-order valence-corrected chi connectivity index (χ0v) is 16.6. The van der Waals surface area contributed by atoms with Gasteiger partial charge in [0.1, 0.15) is 18.1 Å². The molecule has 3 unspecified atom stereocenters. The number of benzene rings is 1. The molecule has 0 saturated carbocycles. The minimum Gasteiger partial charge on any atom is -0.481 e. The van der Waals surface area contributed by atoms with Crippen LogP contribution in [0.3, 0.4) is 0 Å². The SMILES string of the molecule is NC(CO)C(=O)NC(CCC(=O)O)C(=O)NCC(=O)NC(Cc1ccccc1)C(=O)O. The van der Waals surface area contributed by atoms with E-state index in [0.717, 1.165) is 0 Å². The molecule has 0 bridgehead atoms. The standard InChI is InChI=1S/C19H26N4O8/c20-12(10-24)17(28)23-13(6-7-16(26)27)18(29)21-9-15(25)22-14(19(30)31)8-11-4-2-1-3-5-11/h1-5,12-14,24H,6-10,20H2,(H,21,29)(H,22,25)(H,23,28)(H,26,27)(H,30,31). The molecule has 3 atom stereocenters. The number of amides is 3. The number of hydrogen-bond acceptors (Lipinski definition) is 7. The van der Waals surface area contributed by atoms with Gasteiger partial charge in [-0.25, -0.2) is 4.79 Å². The normalized spacial score (nSPS) is 13.4. The molecule has 1 rings (SSSR count). The average Bonchev–Trinajstić information content (AvgIpc) is 2.74. The molecule has 0 saturated heterocycles. The smallest absolute Gasteiger partial charge is 0.326 e. The van der Waals surface area contributed by atoms with Crippen LogP contribution in [0.25, 0.3) is 0 Å². The van der Waals surface area contributed by atoms with E-state index < -0.39 is 67.4 Å². The molecule has 0 heterocycles. The molecule has 12 heteroatoms. The quantitative estimate of drug-likeness (QED) is 0.175. The van der Waals surface area contributed by atoms with E-state index in [1.54, 1.807) is 30.3 Å². The first-order valence-corrected chi connectivity index (χ1v) is 9.36. The van der Waals surface area contributed by atoms with Crippen molar-refractivity contribution in [2.75, 3.05) is 13.2 Å². The van der Waals surface area contributed by atoms with Crippen molar-refractivity contribution in [3.8, 4) is 0 Å². The Bertz CT molecular complexity index is 786. The van der Waals surface area contributed by atoms with Crippen LogP contribution in [0, 0.1) is 0 Å². The number of nitrogens with two attached hydrogens (primary N) is 1. The van der Waals surface area contributed by atoms with Crippen LogP contribution < -0.4 is 21.7 Å². The number of aliphatic hydroxyl groups is 1. The van der Waals surface area contributed by atoms with Gasteiger partial charge < -0.3 is 37.0 Å². The van der Waals surface area contributed by atoms with Crippen LogP contribution in [0.5, 0.6) is 0 Å². The molecule has 0 fully saturated rings. The molecule has 170 valence electrons. The summed E-state index contributed by atoms with van der Waals surface area (Å²) in [5.74, 6) is -4.97. The summed E-state index contributed by atoms with van der Waals surface area (Å²) in [6.07, 6.45) is -0.693. The van der Waals surface area contributed by atoms with E-state index >= 15 is 0 Å². The molecule has 0 aromatic heterocycles. The molecule has 31 heavy (non-hydrogen) atoms. The van der Waals surface area contributed by atoms with Gasteiger partial charge >= 0.3 is 11.9 Å². The van der Waals surface area contributed by atoms with Crippen LogP contribution in [-0.4, -0.2) is 76.3 Å². The highest BCUT2D eigenvalue weighted by molar-refractivity contribution is 5.92. The lowest BCUT2D eigenvalue weighted by molar-refractivity contribution is -0.141. The second-order valence-corrected chi connectivity index (χ2v) is 6.65. The number of hydrogen-bond donors (Lipinski definition) is 7. The predicted molar refractivity (Wildman–Crippen MR) is 107 cm³/mol. The molecule has 8 N–H and O–H groups in total. The van der Waals surface area contributed by atoms with Crippen molar-refractivity contribution in [2.45, 2.75) is 37.4 Å². The minimum atomic E-state index is -1.31. The third-order valence-electron chi connectivity index (χ3n) is 4.15. The first kappa shape index (κ1) is 25.5. The van der Waals surface area contributed by atoms with E-state index in [2.05, 4.69) is 16.0 Å². The number of carbonyl (C=O) groups excluding carboxylic acids is 3. The Balaban J connectivity index is 2.66. The van der Waals surface area contributed by atoms with Gasteiger partial charge in [0.05, 0.1) is 13.2 Å². The summed E-state index contributed by atoms with van der Waals surface area (Å²) in [5, 5.41) is 33.7. The number of carboxylic acids is 2. The van der Waals surface area contributed by atoms with Gasteiger partial charge in [-0.15, -0.1) is 0 Å². The number of aliphatic hydroxyl groups excluding tert-OH is 1. The van der Waals surface area contributed by atoms with Gasteiger partial charge in [-0.05, 0) is 12.0 Å². The number of aliphatic carboxylic acids is 2. The Morgan fingerprint density at radius 1 is 0.935 bits per heavy atom. The molecule has 12 nitrogen and oxygen atoms in total. The fraction of sp³-hybridized carbons (Fsp3) is 0.421. The van der Waals surface area contributed by atoms with Gasteiger partial charge in [-0.3, -0.25) is 19.2 Å². The van der Waals surface area contributed by atoms with E-state index in [0.29, 0.717) is 5.56 Å². The van der Waals surface area contributed by atoms with Crippen molar-refractivity contribution in [2.24, 2.45) is 5.73 Å². The van der Waals surface area contributed by atoms with Gasteiger partial charge in [0.15, 0.2) is 0 Å². The Kier molecular flexibility index (Phi) is 10.6. The third kappa shape index (κ3) is 9.69. The summed E-state index contributed by atoms with van der Waals surface area (Å²) >= 11 is 0. The average molecular weight is 438 g/mol. The first-order chi connectivity index (χ1) is 14.6. The summed E-state index contributed by atoms with van der Waals surface area (Å²) in [5.41, 5.74) is 6.05. The van der Waals surface area contributed by atoms with E-state index in [1.807, 2.05) is 0 Å². The topological polar surface area (TPSA) is 208 Å². The molecule has 0 spiro atoms. The highest BCUT2D eigenvalue weighted by Crippen LogP contribution is 2.04. The van der Waals surface area contributed by atoms with Crippen molar-refractivity contribution < 1.29 is 39.3 Å². The van der Waals surface area contributed by atoms with Crippen molar-refractivity contribution in [3.63, 3.8) is 0 Å². The Morgan fingerprint density at radius 3 is 2.13 bits per heavy atom. The molecule has 0 radical (unpaired) electrons. The van der Waals surface area contributed by atoms with E-state index in [9.17, 15) is 29.1 Å². The van der Waals surface area contributed by atoms with Crippen molar-refractivity contribution in [1.82, 2.24) is 16.0 Å². The third-order valence-corrected chi connectivity index (χ3v) is 4.15. The summed E-state index contributed by atoms with van der Waals surface area (Å²) in [4.78, 5) is 58.4. The molecule has 1 aromatic rings. The van der Waals surface area contributed by atoms with E-state index in [4.69, 9.17) is 15.9 Å². The summed E-state index contributed by atoms with van der Waals surface area (Å²) in [6, 6.07) is 4.78. The van der Waals surface area contributed by atoms with Crippen LogP contribution >= 0.6 is 0 Å². The highest BCUT2D eigenvalue weighted by Gasteiger charge is 2.25. The van der Waals surface area contributed by atoms with E-state index in [1.165, 1.54) is 0 Å². The second-order valence-electron chi connectivity index (χ2n) is 6.65. The van der Waals surface area contributed by atoms with Gasteiger partial charge in [0.25, 0.3) is 0 Å². The fourth-order valence-corrected chi connectivity index (χ4v) is 2.48. The zero-order valence-electron chi connectivity index (χ0n) is 16.6. The van der Waals surface area contributed by atoms with Crippen LogP contribution in [0.2, 0.25) is 0 Å². The second kappa shape index (κ2) is 12.9. The van der Waals surface area contributed by atoms with Gasteiger partial charge in [-0.1, -0.05) is 30.3 Å². The first-order valence-electron chi connectivity index (χ1n) is 9.36. The van der Waals surface area contributed by atoms with Gasteiger partial charge in [0, 0.05) is 12.8 Å². The van der Waals surface area contributed by atoms with Crippen molar-refractivity contribution in [1.29, 1.82) is 0 Å². The van der Waals surface area contributed by atoms with Gasteiger partial charge in [0.2, 0.25) is 17.7 Å². The number of nitrogens with one attached hydrogen (secondary N) is 3. The Labute approximate surface area is 177 Å². The molecule has 1 aromatic carbocycles. The lowest BCUT2D eigenvalue weighted by Gasteiger charge is -2.20. The van der Waals surface area contributed by atoms with Crippen LogP contribution in [0.15, 0.2) is 30.3 Å². The number of rotatable bonds is 13. The summed E-state index contributed by atoms with van der Waals surface area (Å²) < 4.78 is 0. The molecular formula is C19H26N4O8. The minimum absolute atomic E-state index is 0.0339. The fourth-order valence-electron chi connectivity index (χ4n) is 2.48. The lowest BCUT2D eigenvalue weighted by atomic mass is 10.1. The predicted octanol–water partition coefficient (Wildman–Crippen LogP) is -2.42. The molecule has 3 amide bonds. The molecule has 0 aliphatic carbocycles. The van der Waals surface area contributed by atoms with Crippen LogP contribution in [-0.2, 0) is 30.4 Å². The maximum Gasteiger partial charge on any atom is 0.326 e. The summed E-state index contributed by atoms with van der Waals surface area (Å²) in [6.45, 7) is -1.28. The largest absolute Gasteiger partial charge is 0.481 e. The number of carboxylic acid groups (broad SMARTS) is 2. The zero-order chi connectivity index (χ0) is 23.4. The number of carbonyl (C=O) groups is 5.